The lowest BCUT2D eigenvalue weighted by Crippen LogP contribution is -2.25. The second kappa shape index (κ2) is 4.70. The maximum Gasteiger partial charge on any atom is 0.295 e. The van der Waals surface area contributed by atoms with Gasteiger partial charge in [-0.25, -0.2) is 4.39 Å². The predicted octanol–water partition coefficient (Wildman–Crippen LogP) is 1.49. The Bertz CT molecular complexity index is 368. The number of nitrogens with one attached hydrogen (secondary N) is 1. The number of halogens is 1. The molecule has 1 aromatic carbocycles. The maximum absolute atomic E-state index is 12.7. The van der Waals surface area contributed by atoms with Gasteiger partial charge in [-0.05, 0) is 19.1 Å². The first-order chi connectivity index (χ1) is 7.00. The van der Waals surface area contributed by atoms with Gasteiger partial charge in [0.05, 0.1) is 11.0 Å². The summed E-state index contributed by atoms with van der Waals surface area (Å²) in [6.07, 6.45) is 0. The van der Waals surface area contributed by atoms with E-state index in [-0.39, 0.29) is 17.4 Å². The molecule has 0 fully saturated rings. The van der Waals surface area contributed by atoms with E-state index in [4.69, 9.17) is 5.73 Å². The third-order valence-corrected chi connectivity index (χ3v) is 1.77. The zero-order chi connectivity index (χ0) is 11.4. The van der Waals surface area contributed by atoms with E-state index in [9.17, 15) is 14.5 Å². The van der Waals surface area contributed by atoms with Crippen LogP contribution in [0.4, 0.5) is 15.8 Å². The molecule has 0 aliphatic carbocycles. The molecule has 82 valence electrons. The molecule has 6 heteroatoms. The van der Waals surface area contributed by atoms with Gasteiger partial charge in [0, 0.05) is 12.6 Å². The lowest BCUT2D eigenvalue weighted by molar-refractivity contribution is -0.384. The first-order valence-corrected chi connectivity index (χ1v) is 4.44. The number of nitro benzene ring substituents is 1. The quantitative estimate of drug-likeness (QED) is 0.586. The highest BCUT2D eigenvalue weighted by molar-refractivity contribution is 5.61. The maximum atomic E-state index is 12.7. The van der Waals surface area contributed by atoms with Crippen LogP contribution in [-0.2, 0) is 0 Å². The van der Waals surface area contributed by atoms with Crippen molar-refractivity contribution in [2.75, 3.05) is 11.9 Å². The van der Waals surface area contributed by atoms with E-state index in [0.29, 0.717) is 6.54 Å². The minimum absolute atomic E-state index is 0.130. The molecule has 0 amide bonds. The van der Waals surface area contributed by atoms with Crippen LogP contribution in [0.2, 0.25) is 0 Å². The van der Waals surface area contributed by atoms with Crippen LogP contribution in [-0.4, -0.2) is 17.5 Å². The van der Waals surface area contributed by atoms with Crippen molar-refractivity contribution < 1.29 is 9.31 Å². The van der Waals surface area contributed by atoms with E-state index in [1.807, 2.05) is 0 Å². The van der Waals surface area contributed by atoms with Gasteiger partial charge in [-0.1, -0.05) is 0 Å². The third-order valence-electron chi connectivity index (χ3n) is 1.77. The number of benzene rings is 1. The van der Waals surface area contributed by atoms with Crippen molar-refractivity contribution in [3.8, 4) is 0 Å². The Kier molecular flexibility index (Phi) is 3.56. The first-order valence-electron chi connectivity index (χ1n) is 4.44. The van der Waals surface area contributed by atoms with Gasteiger partial charge in [-0.15, -0.1) is 0 Å². The third kappa shape index (κ3) is 3.17. The Balaban J connectivity index is 2.91. The molecule has 0 aliphatic rings. The Morgan fingerprint density at radius 2 is 2.33 bits per heavy atom. The monoisotopic (exact) mass is 213 g/mol. The second-order valence-corrected chi connectivity index (χ2v) is 3.28. The normalized spacial score (nSPS) is 12.2. The largest absolute Gasteiger partial charge is 0.378 e. The summed E-state index contributed by atoms with van der Waals surface area (Å²) in [7, 11) is 0. The van der Waals surface area contributed by atoms with Gasteiger partial charge in [-0.3, -0.25) is 10.1 Å². The average Bonchev–Trinajstić information content (AvgIpc) is 2.15. The van der Waals surface area contributed by atoms with Gasteiger partial charge in [0.2, 0.25) is 0 Å². The predicted molar refractivity (Wildman–Crippen MR) is 55.2 cm³/mol. The van der Waals surface area contributed by atoms with Crippen molar-refractivity contribution in [2.24, 2.45) is 5.73 Å². The fourth-order valence-corrected chi connectivity index (χ4v) is 1.08. The zero-order valence-corrected chi connectivity index (χ0v) is 8.24. The summed E-state index contributed by atoms with van der Waals surface area (Å²) in [6.45, 7) is 2.16. The van der Waals surface area contributed by atoms with Gasteiger partial charge in [0.25, 0.3) is 5.69 Å². The van der Waals surface area contributed by atoms with Crippen molar-refractivity contribution in [1.29, 1.82) is 0 Å². The summed E-state index contributed by atoms with van der Waals surface area (Å²) < 4.78 is 12.7. The summed E-state index contributed by atoms with van der Waals surface area (Å²) in [4.78, 5) is 9.95. The number of anilines is 1. The van der Waals surface area contributed by atoms with Gasteiger partial charge in [0.15, 0.2) is 0 Å². The molecule has 0 radical (unpaired) electrons. The number of rotatable bonds is 4. The molecule has 0 saturated heterocycles. The minimum Gasteiger partial charge on any atom is -0.378 e. The molecule has 5 nitrogen and oxygen atoms in total. The number of nitrogens with two attached hydrogens (primary N) is 1. The fraction of sp³-hybridized carbons (Fsp3) is 0.333. The van der Waals surface area contributed by atoms with Crippen molar-refractivity contribution in [2.45, 2.75) is 13.0 Å². The Morgan fingerprint density at radius 1 is 1.67 bits per heavy atom. The highest BCUT2D eigenvalue weighted by Crippen LogP contribution is 2.24. The molecule has 15 heavy (non-hydrogen) atoms. The molecule has 0 bridgehead atoms. The van der Waals surface area contributed by atoms with E-state index in [0.717, 1.165) is 12.1 Å². The fourth-order valence-electron chi connectivity index (χ4n) is 1.08. The number of hydrogen-bond donors (Lipinski definition) is 2. The van der Waals surface area contributed by atoms with Crippen LogP contribution in [0.15, 0.2) is 18.2 Å². The SMILES string of the molecule is CC(N)CNc1ccc(F)cc1[N+](=O)[O-]. The molecule has 1 unspecified atom stereocenters. The highest BCUT2D eigenvalue weighted by atomic mass is 19.1. The Hall–Kier alpha value is -1.69. The molecular weight excluding hydrogens is 201 g/mol. The standard InChI is InChI=1S/C9H12FN3O2/c1-6(11)5-12-8-3-2-7(10)4-9(8)13(14)15/h2-4,6,12H,5,11H2,1H3. The average molecular weight is 213 g/mol. The Morgan fingerprint density at radius 3 is 2.87 bits per heavy atom. The number of hydrogen-bond acceptors (Lipinski definition) is 4. The zero-order valence-electron chi connectivity index (χ0n) is 8.24. The molecule has 0 spiro atoms. The van der Waals surface area contributed by atoms with Crippen LogP contribution in [0.1, 0.15) is 6.92 Å². The number of nitro groups is 1. The molecule has 1 atom stereocenters. The lowest BCUT2D eigenvalue weighted by Gasteiger charge is -2.09. The highest BCUT2D eigenvalue weighted by Gasteiger charge is 2.14. The van der Waals surface area contributed by atoms with E-state index >= 15 is 0 Å². The molecular formula is C9H12FN3O2. The van der Waals surface area contributed by atoms with Gasteiger partial charge in [0.1, 0.15) is 11.5 Å². The minimum atomic E-state index is -0.632. The van der Waals surface area contributed by atoms with Crippen LogP contribution >= 0.6 is 0 Å². The molecule has 1 aromatic rings. The van der Waals surface area contributed by atoms with Crippen molar-refractivity contribution in [3.63, 3.8) is 0 Å². The van der Waals surface area contributed by atoms with Gasteiger partial charge >= 0.3 is 0 Å². The topological polar surface area (TPSA) is 81.2 Å². The van der Waals surface area contributed by atoms with Crippen LogP contribution in [0.3, 0.4) is 0 Å². The molecule has 1 rings (SSSR count). The van der Waals surface area contributed by atoms with Gasteiger partial charge in [-0.2, -0.15) is 0 Å². The summed E-state index contributed by atoms with van der Waals surface area (Å²) in [5.41, 5.74) is 5.48. The smallest absolute Gasteiger partial charge is 0.295 e. The molecule has 0 saturated carbocycles. The summed E-state index contributed by atoms with van der Waals surface area (Å²) in [5.74, 6) is -0.631. The summed E-state index contributed by atoms with van der Waals surface area (Å²) in [6, 6.07) is 3.24. The van der Waals surface area contributed by atoms with Crippen molar-refractivity contribution in [1.82, 2.24) is 0 Å². The molecule has 0 aromatic heterocycles. The summed E-state index contributed by atoms with van der Waals surface area (Å²) >= 11 is 0. The lowest BCUT2D eigenvalue weighted by atomic mass is 10.2. The molecule has 0 heterocycles. The van der Waals surface area contributed by atoms with Crippen LogP contribution in [0, 0.1) is 15.9 Å². The van der Waals surface area contributed by atoms with Crippen LogP contribution < -0.4 is 11.1 Å². The Labute approximate surface area is 86.2 Å². The molecule has 3 N–H and O–H groups in total. The molecule has 0 aliphatic heterocycles. The van der Waals surface area contributed by atoms with Gasteiger partial charge < -0.3 is 11.1 Å². The second-order valence-electron chi connectivity index (χ2n) is 3.28. The van der Waals surface area contributed by atoms with Crippen LogP contribution in [0.5, 0.6) is 0 Å². The first kappa shape index (κ1) is 11.4. The van der Waals surface area contributed by atoms with Crippen molar-refractivity contribution >= 4 is 11.4 Å². The summed E-state index contributed by atoms with van der Waals surface area (Å²) in [5, 5.41) is 13.4. The number of nitrogens with zero attached hydrogens (tertiary/aromatic N) is 1. The van der Waals surface area contributed by atoms with Crippen molar-refractivity contribution in [3.05, 3.63) is 34.1 Å². The van der Waals surface area contributed by atoms with E-state index in [1.54, 1.807) is 6.92 Å². The van der Waals surface area contributed by atoms with E-state index in [1.165, 1.54) is 6.07 Å². The van der Waals surface area contributed by atoms with E-state index in [2.05, 4.69) is 5.32 Å². The van der Waals surface area contributed by atoms with Crippen LogP contribution in [0.25, 0.3) is 0 Å². The van der Waals surface area contributed by atoms with E-state index < -0.39 is 10.7 Å².